The Labute approximate surface area is 170 Å². The van der Waals surface area contributed by atoms with Crippen LogP contribution in [0.5, 0.6) is 0 Å². The minimum atomic E-state index is -0.0420. The van der Waals surface area contributed by atoms with Crippen LogP contribution in [0.4, 0.5) is 5.69 Å². The van der Waals surface area contributed by atoms with Gasteiger partial charge in [0.05, 0.1) is 11.0 Å². The van der Waals surface area contributed by atoms with Gasteiger partial charge in [0.25, 0.3) is 0 Å². The van der Waals surface area contributed by atoms with E-state index < -0.39 is 0 Å². The Balaban J connectivity index is 1.35. The van der Waals surface area contributed by atoms with E-state index in [1.54, 1.807) is 16.8 Å². The number of benzene rings is 2. The summed E-state index contributed by atoms with van der Waals surface area (Å²) in [6, 6.07) is 15.8. The lowest BCUT2D eigenvalue weighted by atomic mass is 10.1. The molecule has 2 aromatic carbocycles. The maximum Gasteiger partial charge on any atom is 0.242 e. The molecule has 3 aromatic rings. The van der Waals surface area contributed by atoms with Crippen LogP contribution < -0.4 is 4.90 Å². The first-order chi connectivity index (χ1) is 14.1. The molecule has 150 valence electrons. The molecule has 6 nitrogen and oxygen atoms in total. The summed E-state index contributed by atoms with van der Waals surface area (Å²) in [5.41, 5.74) is 4.01. The Kier molecular flexibility index (Phi) is 5.60. The van der Waals surface area contributed by atoms with Gasteiger partial charge in [0.15, 0.2) is 0 Å². The largest absolute Gasteiger partial charge is 0.344 e. The van der Waals surface area contributed by atoms with Crippen LogP contribution >= 0.6 is 0 Å². The number of carbonyl (C=O) groups is 2. The Hall–Kier alpha value is -3.15. The second kappa shape index (κ2) is 8.47. The van der Waals surface area contributed by atoms with Gasteiger partial charge < -0.3 is 14.8 Å². The molecule has 1 aliphatic rings. The molecule has 0 saturated heterocycles. The fraction of sp³-hybridized carbons (Fsp3) is 0.348. The molecule has 1 aliphatic heterocycles. The number of anilines is 1. The number of aryl methyl sites for hydroxylation is 2. The second-order valence-corrected chi connectivity index (χ2v) is 7.58. The minimum Gasteiger partial charge on any atom is -0.344 e. The Morgan fingerprint density at radius 3 is 2.79 bits per heavy atom. The van der Waals surface area contributed by atoms with Crippen molar-refractivity contribution < 1.29 is 9.59 Å². The lowest BCUT2D eigenvalue weighted by molar-refractivity contribution is -0.130. The van der Waals surface area contributed by atoms with Gasteiger partial charge in [-0.05, 0) is 43.0 Å². The van der Waals surface area contributed by atoms with E-state index >= 15 is 0 Å². The summed E-state index contributed by atoms with van der Waals surface area (Å²) in [6.07, 6.45) is 3.77. The van der Waals surface area contributed by atoms with Crippen LogP contribution in [0.2, 0.25) is 0 Å². The van der Waals surface area contributed by atoms with Crippen LogP contribution in [0.15, 0.2) is 48.5 Å². The third kappa shape index (κ3) is 4.31. The maximum absolute atomic E-state index is 12.8. The molecule has 6 heteroatoms. The highest BCUT2D eigenvalue weighted by Gasteiger charge is 2.25. The van der Waals surface area contributed by atoms with E-state index in [1.807, 2.05) is 48.5 Å². The number of amides is 2. The lowest BCUT2D eigenvalue weighted by Gasteiger charge is -2.25. The van der Waals surface area contributed by atoms with Gasteiger partial charge in [-0.3, -0.25) is 9.59 Å². The van der Waals surface area contributed by atoms with Gasteiger partial charge in [0.1, 0.15) is 12.4 Å². The van der Waals surface area contributed by atoms with Gasteiger partial charge in [-0.15, -0.1) is 0 Å². The van der Waals surface area contributed by atoms with Crippen molar-refractivity contribution in [1.29, 1.82) is 0 Å². The van der Waals surface area contributed by atoms with Crippen LogP contribution in [0, 0.1) is 0 Å². The van der Waals surface area contributed by atoms with Gasteiger partial charge in [-0.1, -0.05) is 30.3 Å². The number of likely N-dealkylation sites (N-methyl/N-ethyl adjacent to an activating group) is 1. The number of hydrogen-bond acceptors (Lipinski definition) is 3. The van der Waals surface area contributed by atoms with Gasteiger partial charge >= 0.3 is 0 Å². The number of nitrogens with zero attached hydrogens (tertiary/aromatic N) is 3. The van der Waals surface area contributed by atoms with E-state index in [0.29, 0.717) is 13.0 Å². The molecule has 1 N–H and O–H groups in total. The maximum atomic E-state index is 12.8. The van der Waals surface area contributed by atoms with Crippen LogP contribution in [0.1, 0.15) is 30.7 Å². The molecule has 0 fully saturated rings. The van der Waals surface area contributed by atoms with E-state index in [-0.39, 0.29) is 18.4 Å². The molecular weight excluding hydrogens is 364 g/mol. The number of carbonyl (C=O) groups excluding carboxylic acids is 2. The van der Waals surface area contributed by atoms with Crippen LogP contribution in [-0.2, 0) is 22.4 Å². The topological polar surface area (TPSA) is 69.3 Å². The summed E-state index contributed by atoms with van der Waals surface area (Å²) in [4.78, 5) is 36.6. The van der Waals surface area contributed by atoms with Crippen molar-refractivity contribution in [3.63, 3.8) is 0 Å². The fourth-order valence-corrected chi connectivity index (χ4v) is 3.85. The number of para-hydroxylation sites is 3. The zero-order valence-corrected chi connectivity index (χ0v) is 16.7. The van der Waals surface area contributed by atoms with Gasteiger partial charge in [0.2, 0.25) is 11.8 Å². The van der Waals surface area contributed by atoms with Crippen molar-refractivity contribution in [3.8, 4) is 0 Å². The number of imidazole rings is 1. The summed E-state index contributed by atoms with van der Waals surface area (Å²) in [5.74, 6) is 0.919. The molecule has 0 atom stereocenters. The highest BCUT2D eigenvalue weighted by atomic mass is 16.2. The first-order valence-electron chi connectivity index (χ1n) is 10.2. The number of aromatic nitrogens is 2. The minimum absolute atomic E-state index is 0.0268. The van der Waals surface area contributed by atoms with Gasteiger partial charge in [-0.25, -0.2) is 4.98 Å². The van der Waals surface area contributed by atoms with E-state index in [9.17, 15) is 9.59 Å². The molecule has 4 rings (SSSR count). The molecule has 0 unspecified atom stereocenters. The van der Waals surface area contributed by atoms with E-state index in [2.05, 4.69) is 9.97 Å². The number of nitrogens with one attached hydrogen (secondary N) is 1. The van der Waals surface area contributed by atoms with Crippen molar-refractivity contribution in [2.45, 2.75) is 32.1 Å². The number of rotatable bonds is 6. The van der Waals surface area contributed by atoms with E-state index in [1.165, 1.54) is 0 Å². The molecule has 0 aliphatic carbocycles. The Bertz CT molecular complexity index is 993. The molecule has 0 bridgehead atoms. The second-order valence-electron chi connectivity index (χ2n) is 7.58. The third-order valence-electron chi connectivity index (χ3n) is 5.48. The average molecular weight is 390 g/mol. The third-order valence-corrected chi connectivity index (χ3v) is 5.48. The summed E-state index contributed by atoms with van der Waals surface area (Å²) in [6.45, 7) is 0.719. The molecule has 0 radical (unpaired) electrons. The van der Waals surface area contributed by atoms with E-state index in [4.69, 9.17) is 0 Å². The zero-order chi connectivity index (χ0) is 20.2. The quantitative estimate of drug-likeness (QED) is 0.702. The predicted molar refractivity (Wildman–Crippen MR) is 114 cm³/mol. The number of H-pyrrole nitrogens is 1. The lowest BCUT2D eigenvalue weighted by Crippen LogP contribution is -2.41. The van der Waals surface area contributed by atoms with Crippen LogP contribution in [0.25, 0.3) is 11.0 Å². The normalized spacial score (nSPS) is 14.0. The van der Waals surface area contributed by atoms with E-state index in [0.717, 1.165) is 53.8 Å². The van der Waals surface area contributed by atoms with Crippen LogP contribution in [-0.4, -0.2) is 46.8 Å². The standard InChI is InChI=1S/C23H26N4O2/c1-26(15-7-13-21-24-18-10-3-4-11-19(18)25-21)23(29)16-27-20-12-5-2-8-17(20)9-6-14-22(27)28/h2-5,8,10-12H,6-7,9,13-16H2,1H3,(H,24,25). The van der Waals surface area contributed by atoms with Crippen molar-refractivity contribution >= 4 is 28.5 Å². The SMILES string of the molecule is CN(CCCc1nc2ccccc2[nH]1)C(=O)CN1C(=O)CCCc2ccccc21. The van der Waals surface area contributed by atoms with Crippen molar-refractivity contribution in [1.82, 2.24) is 14.9 Å². The summed E-state index contributed by atoms with van der Waals surface area (Å²) >= 11 is 0. The number of hydrogen-bond donors (Lipinski definition) is 1. The molecule has 0 saturated carbocycles. The Morgan fingerprint density at radius 2 is 1.93 bits per heavy atom. The number of aromatic amines is 1. The zero-order valence-electron chi connectivity index (χ0n) is 16.7. The van der Waals surface area contributed by atoms with Gasteiger partial charge in [0, 0.05) is 32.1 Å². The molecular formula is C23H26N4O2. The number of fused-ring (bicyclic) bond motifs is 2. The fourth-order valence-electron chi connectivity index (χ4n) is 3.85. The molecule has 29 heavy (non-hydrogen) atoms. The predicted octanol–water partition coefficient (Wildman–Crippen LogP) is 3.32. The molecule has 1 aromatic heterocycles. The first-order valence-corrected chi connectivity index (χ1v) is 10.2. The summed E-state index contributed by atoms with van der Waals surface area (Å²) in [7, 11) is 1.80. The Morgan fingerprint density at radius 1 is 1.14 bits per heavy atom. The van der Waals surface area contributed by atoms with Crippen molar-refractivity contribution in [2.75, 3.05) is 25.0 Å². The van der Waals surface area contributed by atoms with Crippen molar-refractivity contribution in [3.05, 3.63) is 59.9 Å². The molecule has 2 amide bonds. The monoisotopic (exact) mass is 390 g/mol. The van der Waals surface area contributed by atoms with Crippen molar-refractivity contribution in [2.24, 2.45) is 0 Å². The molecule has 2 heterocycles. The highest BCUT2D eigenvalue weighted by Crippen LogP contribution is 2.26. The average Bonchev–Trinajstić information content (AvgIpc) is 3.07. The van der Waals surface area contributed by atoms with Gasteiger partial charge in [-0.2, -0.15) is 0 Å². The first kappa shape index (κ1) is 19.2. The smallest absolute Gasteiger partial charge is 0.242 e. The highest BCUT2D eigenvalue weighted by molar-refractivity contribution is 5.99. The van der Waals surface area contributed by atoms with Crippen LogP contribution in [0.3, 0.4) is 0 Å². The summed E-state index contributed by atoms with van der Waals surface area (Å²) in [5, 5.41) is 0. The summed E-state index contributed by atoms with van der Waals surface area (Å²) < 4.78 is 0. The molecule has 0 spiro atoms.